The molecule has 14 heteroatoms. The number of carbonyl (C=O) groups excluding carboxylic acids is 1. The largest absolute Gasteiger partial charge is 0.444 e. The molecule has 2 heterocycles. The first kappa shape index (κ1) is 33.8. The number of methoxy groups -OCH3 is 1. The zero-order valence-electron chi connectivity index (χ0n) is 26.2. The minimum Gasteiger partial charge on any atom is -0.444 e. The summed E-state index contributed by atoms with van der Waals surface area (Å²) in [5.74, 6) is 2.53. The molecule has 0 saturated heterocycles. The molecule has 44 heavy (non-hydrogen) atoms. The Balaban J connectivity index is 1.73. The van der Waals surface area contributed by atoms with Crippen molar-refractivity contribution in [2.45, 2.75) is 58.6 Å². The van der Waals surface area contributed by atoms with Gasteiger partial charge in [-0.25, -0.2) is 14.7 Å². The van der Waals surface area contributed by atoms with Gasteiger partial charge in [-0.2, -0.15) is 0 Å². The number of carbonyl (C=O) groups is 1. The molecule has 0 aliphatic heterocycles. The summed E-state index contributed by atoms with van der Waals surface area (Å²) in [6.45, 7) is 11.4. The smallest absolute Gasteiger partial charge is 0.408 e. The van der Waals surface area contributed by atoms with Crippen LogP contribution in [0, 0.1) is 11.8 Å². The summed E-state index contributed by atoms with van der Waals surface area (Å²) in [6.07, 6.45) is 0.917. The SMILES string of the molecule is COCCN(CC1CC1C)c1cc(-c2nnc([C@@](C)(Cc3ccccc3)NC(=O)OC(C)(C)C)o2)c(Cl)c(NSOOC)n1. The van der Waals surface area contributed by atoms with E-state index in [1.165, 1.54) is 7.11 Å². The average molecular weight is 649 g/mol. The van der Waals surface area contributed by atoms with Crippen LogP contribution in [0.15, 0.2) is 40.8 Å². The van der Waals surface area contributed by atoms with Gasteiger partial charge < -0.3 is 24.1 Å². The first-order valence-electron chi connectivity index (χ1n) is 14.4. The highest BCUT2D eigenvalue weighted by Gasteiger charge is 2.38. The van der Waals surface area contributed by atoms with E-state index >= 15 is 0 Å². The lowest BCUT2D eigenvalue weighted by Gasteiger charge is -2.29. The zero-order valence-corrected chi connectivity index (χ0v) is 27.8. The van der Waals surface area contributed by atoms with Crippen LogP contribution in [0.25, 0.3) is 11.5 Å². The number of aromatic nitrogens is 3. The van der Waals surface area contributed by atoms with E-state index in [0.717, 1.165) is 30.8 Å². The molecule has 1 aliphatic rings. The zero-order chi connectivity index (χ0) is 31.9. The highest BCUT2D eigenvalue weighted by molar-refractivity contribution is 7.95. The number of amides is 1. The van der Waals surface area contributed by atoms with E-state index in [0.29, 0.717) is 48.6 Å². The molecule has 1 fully saturated rings. The number of rotatable bonds is 15. The standard InChI is InChI=1S/C30H41ClN6O6S/c1-19-15-21(19)18-37(13-14-39-6)23-16-22(24(31)25(32-23)36-44-43-40-7)26-34-35-27(41-26)30(5,17-20-11-9-8-10-12-20)33-28(38)42-29(2,3)4/h8-12,16,19,21H,13-15,17-18H2,1-7H3,(H,32,36)(H,33,38)/t19?,21?,30-/m1/s1. The molecule has 12 nitrogen and oxygen atoms in total. The molecule has 240 valence electrons. The summed E-state index contributed by atoms with van der Waals surface area (Å²) in [5, 5.41) is 11.9. The number of hydrogen-bond acceptors (Lipinski definition) is 12. The summed E-state index contributed by atoms with van der Waals surface area (Å²) in [4.78, 5) is 24.6. The van der Waals surface area contributed by atoms with E-state index in [9.17, 15) is 4.79 Å². The van der Waals surface area contributed by atoms with Crippen LogP contribution in [-0.4, -0.2) is 60.8 Å². The molecule has 0 radical (unpaired) electrons. The predicted molar refractivity (Wildman–Crippen MR) is 170 cm³/mol. The van der Waals surface area contributed by atoms with Crippen LogP contribution < -0.4 is 14.9 Å². The van der Waals surface area contributed by atoms with Crippen molar-refractivity contribution in [1.82, 2.24) is 20.5 Å². The van der Waals surface area contributed by atoms with Gasteiger partial charge in [-0.05, 0) is 57.6 Å². The lowest BCUT2D eigenvalue weighted by Crippen LogP contribution is -2.47. The minimum absolute atomic E-state index is 0.158. The van der Waals surface area contributed by atoms with Gasteiger partial charge >= 0.3 is 6.09 Å². The lowest BCUT2D eigenvalue weighted by molar-refractivity contribution is -0.159. The number of ether oxygens (including phenoxy) is 2. The van der Waals surface area contributed by atoms with Crippen molar-refractivity contribution >= 4 is 41.6 Å². The normalized spacial score (nSPS) is 17.5. The van der Waals surface area contributed by atoms with Crippen LogP contribution >= 0.6 is 23.8 Å². The predicted octanol–water partition coefficient (Wildman–Crippen LogP) is 6.43. The Morgan fingerprint density at radius 3 is 2.55 bits per heavy atom. The van der Waals surface area contributed by atoms with Crippen molar-refractivity contribution in [3.05, 3.63) is 52.9 Å². The average Bonchev–Trinajstić information content (AvgIpc) is 3.42. The van der Waals surface area contributed by atoms with Crippen molar-refractivity contribution in [1.29, 1.82) is 0 Å². The second-order valence-electron chi connectivity index (χ2n) is 12.1. The molecule has 3 aromatic rings. The van der Waals surface area contributed by atoms with E-state index in [1.54, 1.807) is 27.9 Å². The summed E-state index contributed by atoms with van der Waals surface area (Å²) < 4.78 is 25.2. The van der Waals surface area contributed by atoms with Crippen LogP contribution in [0.4, 0.5) is 16.4 Å². The number of nitrogens with one attached hydrogen (secondary N) is 2. The fourth-order valence-corrected chi connectivity index (χ4v) is 5.30. The van der Waals surface area contributed by atoms with Gasteiger partial charge in [0.25, 0.3) is 0 Å². The third-order valence-corrected chi connectivity index (χ3v) is 7.97. The number of halogens is 1. The molecule has 1 saturated carbocycles. The molecular formula is C30H41ClN6O6S. The van der Waals surface area contributed by atoms with E-state index in [-0.39, 0.29) is 16.8 Å². The molecule has 4 rings (SSSR count). The Bertz CT molecular complexity index is 1390. The molecule has 1 aromatic carbocycles. The number of hydrogen-bond donors (Lipinski definition) is 2. The maximum Gasteiger partial charge on any atom is 0.408 e. The van der Waals surface area contributed by atoms with Crippen molar-refractivity contribution in [3.63, 3.8) is 0 Å². The maximum absolute atomic E-state index is 13.0. The monoisotopic (exact) mass is 648 g/mol. The van der Waals surface area contributed by atoms with Gasteiger partial charge in [-0.15, -0.1) is 14.5 Å². The van der Waals surface area contributed by atoms with E-state index in [1.807, 2.05) is 43.3 Å². The summed E-state index contributed by atoms with van der Waals surface area (Å²) in [7, 11) is 3.06. The third kappa shape index (κ3) is 9.21. The second kappa shape index (κ2) is 14.8. The van der Waals surface area contributed by atoms with E-state index in [2.05, 4.69) is 32.1 Å². The van der Waals surface area contributed by atoms with Crippen molar-refractivity contribution in [3.8, 4) is 11.5 Å². The number of benzene rings is 1. The number of anilines is 2. The highest BCUT2D eigenvalue weighted by Crippen LogP contribution is 2.41. The maximum atomic E-state index is 13.0. The fraction of sp³-hybridized carbons (Fsp3) is 0.533. The molecule has 2 N–H and O–H groups in total. The molecule has 3 atom stereocenters. The van der Waals surface area contributed by atoms with Gasteiger partial charge in [-0.3, -0.25) is 4.72 Å². The van der Waals surface area contributed by atoms with Crippen LogP contribution in [-0.2, 0) is 30.7 Å². The van der Waals surface area contributed by atoms with Gasteiger partial charge in [0.1, 0.15) is 29.2 Å². The van der Waals surface area contributed by atoms with E-state index in [4.69, 9.17) is 39.7 Å². The van der Waals surface area contributed by atoms with E-state index < -0.39 is 17.2 Å². The summed E-state index contributed by atoms with van der Waals surface area (Å²) in [6, 6.07) is 11.5. The minimum atomic E-state index is -1.10. The van der Waals surface area contributed by atoms with Crippen LogP contribution in [0.2, 0.25) is 5.02 Å². The van der Waals surface area contributed by atoms with Crippen LogP contribution in [0.3, 0.4) is 0 Å². The van der Waals surface area contributed by atoms with Crippen molar-refractivity contribution < 1.29 is 27.9 Å². The molecule has 1 amide bonds. The Kier molecular flexibility index (Phi) is 11.4. The number of alkyl carbamates (subject to hydrolysis) is 1. The second-order valence-corrected chi connectivity index (χ2v) is 12.9. The van der Waals surface area contributed by atoms with Gasteiger partial charge in [-0.1, -0.05) is 48.9 Å². The fourth-order valence-electron chi connectivity index (χ4n) is 4.69. The van der Waals surface area contributed by atoms with Crippen LogP contribution in [0.5, 0.6) is 0 Å². The first-order chi connectivity index (χ1) is 20.9. The molecule has 2 unspecified atom stereocenters. The number of nitrogens with zero attached hydrogens (tertiary/aromatic N) is 4. The quantitative estimate of drug-likeness (QED) is 0.0618. The molecule has 1 aliphatic carbocycles. The summed E-state index contributed by atoms with van der Waals surface area (Å²) in [5.41, 5.74) is -0.381. The molecule has 0 bridgehead atoms. The van der Waals surface area contributed by atoms with Gasteiger partial charge in [0.15, 0.2) is 5.82 Å². The first-order valence-corrected chi connectivity index (χ1v) is 15.5. The van der Waals surface area contributed by atoms with Crippen molar-refractivity contribution in [2.75, 3.05) is 43.5 Å². The summed E-state index contributed by atoms with van der Waals surface area (Å²) >= 11 is 7.68. The van der Waals surface area contributed by atoms with Crippen LogP contribution in [0.1, 0.15) is 52.5 Å². The Morgan fingerprint density at radius 2 is 1.91 bits per heavy atom. The number of pyridine rings is 1. The third-order valence-electron chi connectivity index (χ3n) is 7.11. The Labute approximate surface area is 267 Å². The topological polar surface area (TPSA) is 133 Å². The lowest BCUT2D eigenvalue weighted by atomic mass is 9.92. The Morgan fingerprint density at radius 1 is 1.18 bits per heavy atom. The molecular weight excluding hydrogens is 608 g/mol. The molecule has 2 aromatic heterocycles. The molecule has 0 spiro atoms. The Hall–Kier alpha value is -3.10. The van der Waals surface area contributed by atoms with Gasteiger partial charge in [0, 0.05) is 26.6 Å². The van der Waals surface area contributed by atoms with Gasteiger partial charge in [0.2, 0.25) is 11.8 Å². The van der Waals surface area contributed by atoms with Crippen molar-refractivity contribution in [2.24, 2.45) is 11.8 Å². The van der Waals surface area contributed by atoms with Gasteiger partial charge in [0.05, 0.1) is 24.3 Å². The highest BCUT2D eigenvalue weighted by atomic mass is 35.5.